The molecule has 6 heteroatoms. The second-order valence-corrected chi connectivity index (χ2v) is 16.0. The molecule has 4 aliphatic rings. The first-order valence-electron chi connectivity index (χ1n) is 17.7. The lowest BCUT2D eigenvalue weighted by Gasteiger charge is -2.44. The van der Waals surface area contributed by atoms with E-state index >= 15 is 0 Å². The first-order chi connectivity index (χ1) is 21.1. The summed E-state index contributed by atoms with van der Waals surface area (Å²) in [6.07, 6.45) is 21.3. The maximum atomic E-state index is 12.8. The van der Waals surface area contributed by atoms with Crippen molar-refractivity contribution in [3.05, 3.63) is 51.5 Å². The van der Waals surface area contributed by atoms with Crippen LogP contribution >= 0.6 is 11.3 Å². The van der Waals surface area contributed by atoms with Gasteiger partial charge in [0.05, 0.1) is 17.6 Å². The number of allylic oxidation sites excluding steroid dienone is 3. The van der Waals surface area contributed by atoms with Gasteiger partial charge in [-0.15, -0.1) is 11.3 Å². The SMILES string of the molecule is C=C1C(=CC=C2CCC[C@]3(C)[C@@H]([C@H](C)CC[C@H](OC(=O)CCC)C4(c5ncc(CCCC)s5)CC4)CC[C@@H]23)C[C@@H](O)C[C@@H]1O. The van der Waals surface area contributed by atoms with Crippen molar-refractivity contribution < 1.29 is 19.7 Å². The van der Waals surface area contributed by atoms with Crippen LogP contribution in [0.15, 0.2) is 41.6 Å². The van der Waals surface area contributed by atoms with Gasteiger partial charge < -0.3 is 14.9 Å². The highest BCUT2D eigenvalue weighted by Crippen LogP contribution is 2.60. The molecule has 0 bridgehead atoms. The number of aliphatic hydroxyl groups excluding tert-OH is 2. The van der Waals surface area contributed by atoms with E-state index in [-0.39, 0.29) is 22.9 Å². The van der Waals surface area contributed by atoms with Gasteiger partial charge in [-0.1, -0.05) is 58.4 Å². The number of aryl methyl sites for hydroxylation is 1. The summed E-state index contributed by atoms with van der Waals surface area (Å²) in [5.41, 5.74) is 3.49. The van der Waals surface area contributed by atoms with Gasteiger partial charge in [0.25, 0.3) is 0 Å². The van der Waals surface area contributed by atoms with Gasteiger partial charge in [0.15, 0.2) is 0 Å². The van der Waals surface area contributed by atoms with Gasteiger partial charge in [0.2, 0.25) is 0 Å². The Labute approximate surface area is 270 Å². The Morgan fingerprint density at radius 3 is 2.70 bits per heavy atom. The predicted molar refractivity (Wildman–Crippen MR) is 180 cm³/mol. The molecule has 0 spiro atoms. The van der Waals surface area contributed by atoms with Crippen LogP contribution in [0.3, 0.4) is 0 Å². The molecule has 0 saturated heterocycles. The Bertz CT molecular complexity index is 1230. The molecule has 4 saturated carbocycles. The summed E-state index contributed by atoms with van der Waals surface area (Å²) in [6, 6.07) is 0. The van der Waals surface area contributed by atoms with Gasteiger partial charge in [0, 0.05) is 23.9 Å². The van der Waals surface area contributed by atoms with Gasteiger partial charge in [-0.05, 0) is 118 Å². The van der Waals surface area contributed by atoms with Crippen LogP contribution in [0.5, 0.6) is 0 Å². The van der Waals surface area contributed by atoms with Crippen molar-refractivity contribution in [2.75, 3.05) is 0 Å². The number of unbranched alkanes of at least 4 members (excludes halogenated alkanes) is 1. The molecule has 1 heterocycles. The van der Waals surface area contributed by atoms with Gasteiger partial charge in [0.1, 0.15) is 11.1 Å². The highest BCUT2D eigenvalue weighted by atomic mass is 32.1. The number of aromatic nitrogens is 1. The molecule has 0 radical (unpaired) electrons. The van der Waals surface area contributed by atoms with Crippen molar-refractivity contribution in [2.24, 2.45) is 23.2 Å². The molecular formula is C38H57NO4S. The summed E-state index contributed by atoms with van der Waals surface area (Å²) in [4.78, 5) is 19.1. The van der Waals surface area contributed by atoms with Crippen LogP contribution in [0, 0.1) is 23.2 Å². The van der Waals surface area contributed by atoms with Crippen LogP contribution in [-0.4, -0.2) is 39.5 Å². The van der Waals surface area contributed by atoms with Crippen LogP contribution in [0.1, 0.15) is 134 Å². The number of fused-ring (bicyclic) bond motifs is 1. The van der Waals surface area contributed by atoms with Gasteiger partial charge in [-0.2, -0.15) is 0 Å². The molecule has 5 rings (SSSR count). The van der Waals surface area contributed by atoms with Crippen molar-refractivity contribution in [1.29, 1.82) is 0 Å². The quantitative estimate of drug-likeness (QED) is 0.215. The van der Waals surface area contributed by atoms with Crippen LogP contribution in [0.4, 0.5) is 0 Å². The Morgan fingerprint density at radius 1 is 1.18 bits per heavy atom. The topological polar surface area (TPSA) is 79.7 Å². The number of carbonyl (C=O) groups is 1. The molecule has 0 unspecified atom stereocenters. The molecule has 5 nitrogen and oxygen atoms in total. The fourth-order valence-corrected chi connectivity index (χ4v) is 10.2. The summed E-state index contributed by atoms with van der Waals surface area (Å²) >= 11 is 1.85. The molecule has 1 aromatic heterocycles. The number of esters is 1. The van der Waals surface area contributed by atoms with E-state index in [1.54, 1.807) is 0 Å². The third-order valence-electron chi connectivity index (χ3n) is 11.8. The molecule has 244 valence electrons. The number of carbonyl (C=O) groups excluding carboxylic acids is 1. The fourth-order valence-electron chi connectivity index (χ4n) is 8.98. The average molecular weight is 624 g/mol. The number of hydrogen-bond donors (Lipinski definition) is 2. The molecule has 1 aromatic rings. The van der Waals surface area contributed by atoms with Crippen molar-refractivity contribution in [1.82, 2.24) is 4.98 Å². The standard InChI is InChI=1S/C38H57NO4S/c1-6-8-12-30-24-39-36(44-30)38(20-21-38)34(43-35(42)10-7-2)18-13-25(3)31-16-17-32-27(11-9-19-37(31,32)5)14-15-28-22-29(40)23-33(41)26(28)4/h14-15,24-25,29,31-34,40-41H,4,6-13,16-23H2,1-3,5H3/t25-,29-,31-,32+,33+,34+,37-/m1/s1. The Kier molecular flexibility index (Phi) is 11.0. The van der Waals surface area contributed by atoms with Crippen LogP contribution in [0.2, 0.25) is 0 Å². The van der Waals surface area contributed by atoms with Gasteiger partial charge in [-0.25, -0.2) is 4.98 Å². The third kappa shape index (κ3) is 7.13. The lowest BCUT2D eigenvalue weighted by Crippen LogP contribution is -2.37. The van der Waals surface area contributed by atoms with Gasteiger partial charge >= 0.3 is 5.97 Å². The second-order valence-electron chi connectivity index (χ2n) is 14.8. The van der Waals surface area contributed by atoms with Crippen LogP contribution in [-0.2, 0) is 21.4 Å². The van der Waals surface area contributed by atoms with E-state index in [1.165, 1.54) is 54.0 Å². The molecule has 4 aliphatic carbocycles. The fraction of sp³-hybridized carbons (Fsp3) is 0.737. The van der Waals surface area contributed by atoms with Crippen LogP contribution < -0.4 is 0 Å². The van der Waals surface area contributed by atoms with E-state index in [2.05, 4.69) is 45.7 Å². The number of rotatable bonds is 13. The smallest absolute Gasteiger partial charge is 0.306 e. The summed E-state index contributed by atoms with van der Waals surface area (Å²) in [7, 11) is 0. The Hall–Kier alpha value is -1.76. The largest absolute Gasteiger partial charge is 0.461 e. The zero-order chi connectivity index (χ0) is 31.5. The Morgan fingerprint density at radius 2 is 1.98 bits per heavy atom. The molecular weight excluding hydrogens is 566 g/mol. The average Bonchev–Trinajstić information content (AvgIpc) is 3.51. The zero-order valence-electron chi connectivity index (χ0n) is 27.8. The van der Waals surface area contributed by atoms with Crippen molar-refractivity contribution in [3.63, 3.8) is 0 Å². The minimum absolute atomic E-state index is 0.0519. The third-order valence-corrected chi connectivity index (χ3v) is 13.0. The first kappa shape index (κ1) is 33.6. The maximum Gasteiger partial charge on any atom is 0.306 e. The number of thiazole rings is 1. The molecule has 0 aliphatic heterocycles. The summed E-state index contributed by atoms with van der Waals surface area (Å²) in [5, 5.41) is 21.7. The highest BCUT2D eigenvalue weighted by molar-refractivity contribution is 7.11. The number of hydrogen-bond acceptors (Lipinski definition) is 6. The van der Waals surface area contributed by atoms with Crippen molar-refractivity contribution >= 4 is 17.3 Å². The summed E-state index contributed by atoms with van der Waals surface area (Å²) in [5.74, 6) is 1.74. The van der Waals surface area contributed by atoms with E-state index in [0.717, 1.165) is 56.1 Å². The van der Waals surface area contributed by atoms with Crippen molar-refractivity contribution in [3.8, 4) is 0 Å². The molecule has 4 fully saturated rings. The molecule has 2 N–H and O–H groups in total. The molecule has 0 amide bonds. The highest BCUT2D eigenvalue weighted by Gasteiger charge is 2.56. The van der Waals surface area contributed by atoms with E-state index in [4.69, 9.17) is 9.72 Å². The molecule has 7 atom stereocenters. The van der Waals surface area contributed by atoms with Crippen LogP contribution in [0.25, 0.3) is 0 Å². The molecule has 0 aromatic carbocycles. The van der Waals surface area contributed by atoms with E-state index in [1.807, 2.05) is 18.3 Å². The lowest BCUT2D eigenvalue weighted by molar-refractivity contribution is -0.151. The van der Waals surface area contributed by atoms with E-state index in [9.17, 15) is 15.0 Å². The zero-order valence-corrected chi connectivity index (χ0v) is 28.6. The minimum Gasteiger partial charge on any atom is -0.461 e. The summed E-state index contributed by atoms with van der Waals surface area (Å²) in [6.45, 7) is 13.4. The van der Waals surface area contributed by atoms with Gasteiger partial charge in [-0.3, -0.25) is 4.79 Å². The maximum absolute atomic E-state index is 12.8. The number of nitrogens with zero attached hydrogens (tertiary/aromatic N) is 1. The number of ether oxygens (including phenoxy) is 1. The normalized spacial score (nSPS) is 32.9. The molecule has 44 heavy (non-hydrogen) atoms. The van der Waals surface area contributed by atoms with Crippen molar-refractivity contribution in [2.45, 2.75) is 154 Å². The first-order valence-corrected chi connectivity index (χ1v) is 18.5. The number of aliphatic hydroxyl groups is 2. The van der Waals surface area contributed by atoms with E-state index in [0.29, 0.717) is 37.0 Å². The Balaban J connectivity index is 1.28. The second kappa shape index (κ2) is 14.3. The lowest BCUT2D eigenvalue weighted by atomic mass is 9.60. The predicted octanol–water partition coefficient (Wildman–Crippen LogP) is 8.79. The van der Waals surface area contributed by atoms with E-state index < -0.39 is 12.2 Å². The summed E-state index contributed by atoms with van der Waals surface area (Å²) < 4.78 is 6.31. The minimum atomic E-state index is -0.643. The monoisotopic (exact) mass is 623 g/mol.